The summed E-state index contributed by atoms with van der Waals surface area (Å²) in [6.07, 6.45) is 8.70. The number of hydrogen-bond acceptors (Lipinski definition) is 5. The van der Waals surface area contributed by atoms with Crippen LogP contribution in [0.2, 0.25) is 0 Å². The van der Waals surface area contributed by atoms with Crippen molar-refractivity contribution in [1.82, 2.24) is 19.4 Å². The van der Waals surface area contributed by atoms with Crippen LogP contribution in [0.25, 0.3) is 0 Å². The Morgan fingerprint density at radius 3 is 2.28 bits per heavy atom. The van der Waals surface area contributed by atoms with Crippen molar-refractivity contribution in [2.75, 3.05) is 29.8 Å². The number of carbonyl (C=O) groups is 1. The fraction of sp³-hybridized carbons (Fsp3) is 0.565. The third-order valence-electron chi connectivity index (χ3n) is 7.25. The maximum Gasteiger partial charge on any atom is 0.334 e. The molecule has 1 aromatic carbocycles. The van der Waals surface area contributed by atoms with Gasteiger partial charge in [0.2, 0.25) is 0 Å². The Labute approximate surface area is 232 Å². The quantitative estimate of drug-likeness (QED) is 0.559. The van der Waals surface area contributed by atoms with E-state index in [2.05, 4.69) is 26.1 Å². The summed E-state index contributed by atoms with van der Waals surface area (Å²) >= 11 is 0. The van der Waals surface area contributed by atoms with Crippen molar-refractivity contribution in [2.24, 2.45) is 0 Å². The largest absolute Gasteiger partial charge is 0.334 e. The molecule has 36 heavy (non-hydrogen) atoms. The van der Waals surface area contributed by atoms with Crippen LogP contribution in [0.15, 0.2) is 18.5 Å². The van der Waals surface area contributed by atoms with Gasteiger partial charge in [0, 0.05) is 41.3 Å². The predicted molar refractivity (Wildman–Crippen MR) is 134 cm³/mol. The molecular weight excluding hydrogens is 501 g/mol. The maximum absolute atomic E-state index is 13.5. The predicted octanol–water partition coefficient (Wildman–Crippen LogP) is 2.84. The smallest absolute Gasteiger partial charge is 0.307 e. The first kappa shape index (κ1) is 27.3. The van der Waals surface area contributed by atoms with Gasteiger partial charge in [-0.1, -0.05) is 6.07 Å². The van der Waals surface area contributed by atoms with E-state index in [1.165, 1.54) is 11.1 Å². The van der Waals surface area contributed by atoms with E-state index in [0.717, 1.165) is 72.0 Å². The number of aryl methyl sites for hydroxylation is 2. The van der Waals surface area contributed by atoms with Crippen LogP contribution >= 0.6 is 0 Å². The van der Waals surface area contributed by atoms with E-state index in [-0.39, 0.29) is 35.2 Å². The van der Waals surface area contributed by atoms with Gasteiger partial charge >= 0.3 is 22.8 Å². The number of hydrogen-bond donors (Lipinski definition) is 2. The summed E-state index contributed by atoms with van der Waals surface area (Å²) in [6, 6.07) is 0.892. The van der Waals surface area contributed by atoms with Gasteiger partial charge in [0.15, 0.2) is 0 Å². The van der Waals surface area contributed by atoms with Crippen molar-refractivity contribution in [3.05, 3.63) is 40.7 Å². The molecule has 2 heterocycles. The summed E-state index contributed by atoms with van der Waals surface area (Å²) in [5, 5.41) is 6.44. The Morgan fingerprint density at radius 1 is 1.11 bits per heavy atom. The van der Waals surface area contributed by atoms with Gasteiger partial charge in [0.25, 0.3) is 0 Å². The van der Waals surface area contributed by atoms with Crippen molar-refractivity contribution in [1.29, 1.82) is 0 Å². The Kier molecular flexibility index (Phi) is 8.30. The first-order chi connectivity index (χ1) is 16.7. The number of benzene rings is 1. The van der Waals surface area contributed by atoms with Crippen LogP contribution in [-0.2, 0) is 35.9 Å². The Morgan fingerprint density at radius 2 is 1.72 bits per heavy atom. The van der Waals surface area contributed by atoms with Crippen molar-refractivity contribution < 1.29 is 22.0 Å². The van der Waals surface area contributed by atoms with Crippen LogP contribution in [0.4, 0.5) is 25.0 Å². The van der Waals surface area contributed by atoms with Gasteiger partial charge in [-0.15, -0.1) is 0 Å². The van der Waals surface area contributed by atoms with E-state index in [1.807, 2.05) is 7.05 Å². The van der Waals surface area contributed by atoms with Gasteiger partial charge in [0.1, 0.15) is 0 Å². The summed E-state index contributed by atoms with van der Waals surface area (Å²) in [5.74, 6) is 0. The average molecular weight is 532 g/mol. The molecule has 1 saturated heterocycles. The Balaban J connectivity index is 0.00000304. The van der Waals surface area contributed by atoms with Crippen LogP contribution in [-0.4, -0.2) is 84.9 Å². The Hall–Kier alpha value is -1.73. The summed E-state index contributed by atoms with van der Waals surface area (Å²) in [7, 11) is -2.46. The number of urea groups is 1. The number of aromatic nitrogens is 2. The molecule has 13 heteroatoms. The van der Waals surface area contributed by atoms with Gasteiger partial charge < -0.3 is 10.2 Å². The number of alkyl halides is 2. The van der Waals surface area contributed by atoms with Crippen molar-refractivity contribution in [3.63, 3.8) is 0 Å². The number of fused-ring (bicyclic) bond motifs is 2. The molecule has 1 radical (unpaired) electrons. The normalized spacial score (nSPS) is 18.0. The zero-order valence-corrected chi connectivity index (χ0v) is 23.5. The molecule has 2 aliphatic carbocycles. The summed E-state index contributed by atoms with van der Waals surface area (Å²) in [5.41, 5.74) is 5.35. The van der Waals surface area contributed by atoms with Crippen molar-refractivity contribution >= 4 is 57.2 Å². The van der Waals surface area contributed by atoms with Crippen LogP contribution < -0.4 is 14.3 Å². The second kappa shape index (κ2) is 10.9. The minimum absolute atomic E-state index is 0. The molecule has 2 N–H and O–H groups in total. The van der Waals surface area contributed by atoms with E-state index in [4.69, 9.17) is 0 Å². The number of nitrogens with zero attached hydrogens (tertiary/aromatic N) is 4. The molecule has 1 aliphatic heterocycles. The fourth-order valence-electron chi connectivity index (χ4n) is 5.60. The van der Waals surface area contributed by atoms with Crippen LogP contribution in [0.1, 0.15) is 54.5 Å². The standard InChI is InChI=1S/C23H30F2N6O3S.Na/c1-29-10-8-17(9-11-29)31(18-13-26-30(14-18)22(24)25)35(33,34)28-23(32)27-21-19-6-2-4-15(19)12-16-5-3-7-20(16)21;/h12-14,17,22H,2-11H2,1H3,(H2,27,28,32);. The zero-order chi connectivity index (χ0) is 24.7. The molecule has 0 saturated carbocycles. The number of nitrogens with one attached hydrogen (secondary N) is 2. The van der Waals surface area contributed by atoms with Crippen LogP contribution in [0.3, 0.4) is 0 Å². The molecular formula is C23H30F2N6NaO3S. The van der Waals surface area contributed by atoms with Gasteiger partial charge in [-0.2, -0.15) is 22.3 Å². The van der Waals surface area contributed by atoms with Gasteiger partial charge in [-0.25, -0.2) is 18.5 Å². The molecule has 5 rings (SSSR count). The first-order valence-corrected chi connectivity index (χ1v) is 13.5. The molecule has 9 nitrogen and oxygen atoms in total. The van der Waals surface area contributed by atoms with Crippen LogP contribution in [0.5, 0.6) is 0 Å². The van der Waals surface area contributed by atoms with E-state index in [0.29, 0.717) is 30.6 Å². The van der Waals surface area contributed by atoms with Gasteiger partial charge in [-0.05, 0) is 93.8 Å². The first-order valence-electron chi connectivity index (χ1n) is 12.0. The second-order valence-electron chi connectivity index (χ2n) is 9.58. The van der Waals surface area contributed by atoms with Crippen molar-refractivity contribution in [3.8, 4) is 0 Å². The maximum atomic E-state index is 13.5. The number of rotatable bonds is 6. The van der Waals surface area contributed by atoms with E-state index in [9.17, 15) is 22.0 Å². The number of piperidine rings is 1. The summed E-state index contributed by atoms with van der Waals surface area (Å²) < 4.78 is 56.8. The summed E-state index contributed by atoms with van der Waals surface area (Å²) in [4.78, 5) is 15.1. The monoisotopic (exact) mass is 531 g/mol. The fourth-order valence-corrected chi connectivity index (χ4v) is 6.96. The number of carbonyl (C=O) groups excluding carboxylic acids is 1. The third-order valence-corrected chi connectivity index (χ3v) is 8.72. The molecule has 0 unspecified atom stereocenters. The molecule has 191 valence electrons. The van der Waals surface area contributed by atoms with E-state index >= 15 is 0 Å². The zero-order valence-electron chi connectivity index (χ0n) is 20.6. The van der Waals surface area contributed by atoms with E-state index in [1.54, 1.807) is 0 Å². The molecule has 2 amide bonds. The third kappa shape index (κ3) is 5.42. The second-order valence-corrected chi connectivity index (χ2v) is 11.1. The molecule has 0 atom stereocenters. The van der Waals surface area contributed by atoms with Crippen molar-refractivity contribution in [2.45, 2.75) is 64.0 Å². The van der Waals surface area contributed by atoms with E-state index < -0.39 is 28.8 Å². The minimum Gasteiger partial charge on any atom is -0.307 e. The average Bonchev–Trinajstić information content (AvgIpc) is 3.55. The number of amides is 2. The molecule has 1 fully saturated rings. The number of likely N-dealkylation sites (tertiary alicyclic amines) is 1. The van der Waals surface area contributed by atoms with Gasteiger partial charge in [-0.3, -0.25) is 0 Å². The molecule has 3 aliphatic rings. The molecule has 2 aromatic rings. The van der Waals surface area contributed by atoms with Crippen LogP contribution in [0, 0.1) is 0 Å². The number of halogens is 2. The topological polar surface area (TPSA) is 99.6 Å². The molecule has 1 aromatic heterocycles. The molecule has 0 bridgehead atoms. The van der Waals surface area contributed by atoms with Gasteiger partial charge in [0.05, 0.1) is 18.1 Å². The minimum atomic E-state index is -4.40. The SMILES string of the molecule is CN1CCC(N(c2cnn(C(F)F)c2)S(=O)(=O)NC(=O)Nc2c3c(cc4c2CCC4)CCC3)CC1.[Na]. The molecule has 0 spiro atoms. The Bertz CT molecular complexity index is 1200. The number of anilines is 2. The summed E-state index contributed by atoms with van der Waals surface area (Å²) in [6.45, 7) is -1.60.